The Morgan fingerprint density at radius 2 is 2.16 bits per heavy atom. The van der Waals surface area contributed by atoms with E-state index in [1.54, 1.807) is 31.3 Å². The van der Waals surface area contributed by atoms with Crippen LogP contribution in [0.3, 0.4) is 0 Å². The molecule has 0 aliphatic carbocycles. The molecule has 3 N–H and O–H groups in total. The Labute approximate surface area is 143 Å². The molecule has 0 unspecified atom stereocenters. The minimum absolute atomic E-state index is 0.112. The Morgan fingerprint density at radius 1 is 1.44 bits per heavy atom. The molecule has 1 aromatic rings. The van der Waals surface area contributed by atoms with Crippen molar-refractivity contribution in [3.05, 3.63) is 24.3 Å². The number of nitrogens with zero attached hydrogens (tertiary/aromatic N) is 1. The van der Waals surface area contributed by atoms with E-state index < -0.39 is 30.4 Å². The van der Waals surface area contributed by atoms with Gasteiger partial charge in [0.25, 0.3) is 0 Å². The fourth-order valence-corrected chi connectivity index (χ4v) is 2.44. The number of nitrogens with one attached hydrogen (secondary N) is 2. The van der Waals surface area contributed by atoms with Crippen molar-refractivity contribution in [3.63, 3.8) is 0 Å². The predicted octanol–water partition coefficient (Wildman–Crippen LogP) is -0.842. The van der Waals surface area contributed by atoms with Crippen LogP contribution < -0.4 is 20.3 Å². The largest absolute Gasteiger partial charge is 0.489 e. The number of hydrogen-bond acceptors (Lipinski definition) is 6. The van der Waals surface area contributed by atoms with Crippen molar-refractivity contribution >= 4 is 29.8 Å². The van der Waals surface area contributed by atoms with E-state index in [0.29, 0.717) is 17.7 Å². The molecule has 2 rings (SSSR count). The maximum atomic E-state index is 12.6. The second-order valence-electron chi connectivity index (χ2n) is 5.45. The van der Waals surface area contributed by atoms with E-state index in [1.807, 2.05) is 0 Å². The number of aldehydes is 1. The monoisotopic (exact) mass is 349 g/mol. The number of amides is 2. The van der Waals surface area contributed by atoms with Crippen LogP contribution in [0.25, 0.3) is 0 Å². The lowest BCUT2D eigenvalue weighted by molar-refractivity contribution is -0.138. The molecule has 0 spiro atoms. The lowest BCUT2D eigenvalue weighted by Gasteiger charge is -2.24. The third kappa shape index (κ3) is 4.54. The quantitative estimate of drug-likeness (QED) is 0.548. The molecule has 9 nitrogen and oxygen atoms in total. The van der Waals surface area contributed by atoms with Gasteiger partial charge in [-0.3, -0.25) is 19.3 Å². The van der Waals surface area contributed by atoms with Crippen LogP contribution in [0, 0.1) is 0 Å². The van der Waals surface area contributed by atoms with Gasteiger partial charge in [-0.1, -0.05) is 12.1 Å². The molecule has 9 heteroatoms. The number of carbonyl (C=O) groups is 4. The predicted molar refractivity (Wildman–Crippen MR) is 87.4 cm³/mol. The van der Waals surface area contributed by atoms with Gasteiger partial charge in [-0.05, 0) is 19.2 Å². The number of carboxylic acid groups (broad SMARTS) is 1. The summed E-state index contributed by atoms with van der Waals surface area (Å²) in [5.41, 5.74) is 0.432. The molecular formula is C16H19N3O6. The standard InChI is InChI=1S/C16H19N3O6/c1-17-11-9-25-13-5-3-2-4-12(13)19(16(11)24)7-14(21)18-10(8-20)6-15(22)23/h2-5,8,10-11,17H,6-7,9H2,1H3,(H,18,21)(H,22,23)/t10-,11-/m0/s1. The van der Waals surface area contributed by atoms with Crippen LogP contribution in [0.1, 0.15) is 6.42 Å². The van der Waals surface area contributed by atoms with Gasteiger partial charge < -0.3 is 25.3 Å². The Morgan fingerprint density at radius 3 is 2.80 bits per heavy atom. The number of ether oxygens (including phenoxy) is 1. The average molecular weight is 349 g/mol. The van der Waals surface area contributed by atoms with Gasteiger partial charge in [0.1, 0.15) is 31.2 Å². The van der Waals surface area contributed by atoms with E-state index in [1.165, 1.54) is 4.90 Å². The summed E-state index contributed by atoms with van der Waals surface area (Å²) in [5.74, 6) is -1.75. The normalized spacial score (nSPS) is 17.7. The highest BCUT2D eigenvalue weighted by Crippen LogP contribution is 2.30. The number of rotatable bonds is 7. The average Bonchev–Trinajstić information content (AvgIpc) is 2.71. The number of para-hydroxylation sites is 2. The molecule has 0 saturated heterocycles. The Balaban J connectivity index is 2.19. The molecule has 1 heterocycles. The maximum absolute atomic E-state index is 12.6. The molecule has 0 fully saturated rings. The van der Waals surface area contributed by atoms with Gasteiger partial charge >= 0.3 is 5.97 Å². The molecular weight excluding hydrogens is 330 g/mol. The van der Waals surface area contributed by atoms with E-state index in [0.717, 1.165) is 0 Å². The van der Waals surface area contributed by atoms with Crippen molar-refractivity contribution in [2.24, 2.45) is 0 Å². The third-order valence-electron chi connectivity index (χ3n) is 3.68. The molecule has 0 saturated carbocycles. The van der Waals surface area contributed by atoms with Gasteiger partial charge in [0, 0.05) is 0 Å². The topological polar surface area (TPSA) is 125 Å². The van der Waals surface area contributed by atoms with Crippen LogP contribution in [0.15, 0.2) is 24.3 Å². The molecule has 25 heavy (non-hydrogen) atoms. The smallest absolute Gasteiger partial charge is 0.305 e. The molecule has 1 aliphatic heterocycles. The van der Waals surface area contributed by atoms with Crippen LogP contribution in [0.2, 0.25) is 0 Å². The van der Waals surface area contributed by atoms with Crippen LogP contribution in [-0.2, 0) is 19.2 Å². The highest BCUT2D eigenvalue weighted by atomic mass is 16.5. The fourth-order valence-electron chi connectivity index (χ4n) is 2.44. The van der Waals surface area contributed by atoms with E-state index in [-0.39, 0.29) is 19.1 Å². The second-order valence-corrected chi connectivity index (χ2v) is 5.45. The fraction of sp³-hybridized carbons (Fsp3) is 0.375. The van der Waals surface area contributed by atoms with Crippen molar-refractivity contribution in [3.8, 4) is 5.75 Å². The summed E-state index contributed by atoms with van der Waals surface area (Å²) in [7, 11) is 1.61. The van der Waals surface area contributed by atoms with Crippen LogP contribution >= 0.6 is 0 Å². The SMILES string of the molecule is CN[C@H]1COc2ccccc2N(CC(=O)N[C@H](C=O)CC(=O)O)C1=O. The van der Waals surface area contributed by atoms with Crippen molar-refractivity contribution in [1.29, 1.82) is 0 Å². The van der Waals surface area contributed by atoms with Gasteiger partial charge in [0.2, 0.25) is 11.8 Å². The number of benzene rings is 1. The minimum atomic E-state index is -1.21. The summed E-state index contributed by atoms with van der Waals surface area (Å²) < 4.78 is 5.60. The van der Waals surface area contributed by atoms with Gasteiger partial charge in [-0.15, -0.1) is 0 Å². The third-order valence-corrected chi connectivity index (χ3v) is 3.68. The molecule has 0 bridgehead atoms. The molecule has 1 aliphatic rings. The highest BCUT2D eigenvalue weighted by molar-refractivity contribution is 6.03. The van der Waals surface area contributed by atoms with Crippen LogP contribution in [0.4, 0.5) is 5.69 Å². The van der Waals surface area contributed by atoms with E-state index in [4.69, 9.17) is 9.84 Å². The van der Waals surface area contributed by atoms with E-state index in [9.17, 15) is 19.2 Å². The number of carboxylic acids is 1. The summed E-state index contributed by atoms with van der Waals surface area (Å²) in [6, 6.07) is 4.99. The van der Waals surface area contributed by atoms with Gasteiger partial charge in [0.15, 0.2) is 0 Å². The number of hydrogen-bond donors (Lipinski definition) is 3. The van der Waals surface area contributed by atoms with Crippen molar-refractivity contribution in [2.75, 3.05) is 25.1 Å². The Kier molecular flexibility index (Phi) is 6.07. The zero-order valence-corrected chi connectivity index (χ0v) is 13.6. The number of aliphatic carboxylic acids is 1. The molecule has 2 atom stereocenters. The molecule has 0 aromatic heterocycles. The van der Waals surface area contributed by atoms with Crippen LogP contribution in [-0.4, -0.2) is 61.5 Å². The first-order valence-electron chi connectivity index (χ1n) is 7.63. The summed E-state index contributed by atoms with van der Waals surface area (Å²) in [6.45, 7) is -0.248. The van der Waals surface area contributed by atoms with E-state index >= 15 is 0 Å². The number of fused-ring (bicyclic) bond motifs is 1. The minimum Gasteiger partial charge on any atom is -0.489 e. The van der Waals surface area contributed by atoms with Gasteiger partial charge in [0.05, 0.1) is 18.2 Å². The molecule has 2 amide bonds. The zero-order valence-electron chi connectivity index (χ0n) is 13.6. The van der Waals surface area contributed by atoms with E-state index in [2.05, 4.69) is 10.6 Å². The summed E-state index contributed by atoms with van der Waals surface area (Å²) in [4.78, 5) is 47.7. The van der Waals surface area contributed by atoms with Crippen molar-refractivity contribution in [2.45, 2.75) is 18.5 Å². The summed E-state index contributed by atoms with van der Waals surface area (Å²) in [5, 5.41) is 13.9. The van der Waals surface area contributed by atoms with Gasteiger partial charge in [-0.2, -0.15) is 0 Å². The highest BCUT2D eigenvalue weighted by Gasteiger charge is 2.32. The summed E-state index contributed by atoms with van der Waals surface area (Å²) >= 11 is 0. The first kappa shape index (κ1) is 18.4. The van der Waals surface area contributed by atoms with Crippen molar-refractivity contribution < 1.29 is 29.0 Å². The first-order valence-corrected chi connectivity index (χ1v) is 7.63. The van der Waals surface area contributed by atoms with Crippen LogP contribution in [0.5, 0.6) is 5.75 Å². The maximum Gasteiger partial charge on any atom is 0.305 e. The number of carbonyl (C=O) groups excluding carboxylic acids is 3. The second kappa shape index (κ2) is 8.25. The zero-order chi connectivity index (χ0) is 18.4. The van der Waals surface area contributed by atoms with Gasteiger partial charge in [-0.25, -0.2) is 0 Å². The first-order chi connectivity index (χ1) is 12.0. The molecule has 134 valence electrons. The molecule has 1 aromatic carbocycles. The lowest BCUT2D eigenvalue weighted by Crippen LogP contribution is -2.51. The van der Waals surface area contributed by atoms with Crippen molar-refractivity contribution in [1.82, 2.24) is 10.6 Å². The Bertz CT molecular complexity index is 678. The molecule has 0 radical (unpaired) electrons. The Hall–Kier alpha value is -2.94. The number of anilines is 1. The number of likely N-dealkylation sites (N-methyl/N-ethyl adjacent to an activating group) is 1. The summed E-state index contributed by atoms with van der Waals surface area (Å²) in [6.07, 6.45) is -0.175. The lowest BCUT2D eigenvalue weighted by atomic mass is 10.2.